The molecule has 1 aromatic heterocycles. The quantitative estimate of drug-likeness (QED) is 0.433. The van der Waals surface area contributed by atoms with Gasteiger partial charge < -0.3 is 25.8 Å². The van der Waals surface area contributed by atoms with Gasteiger partial charge >= 0.3 is 6.61 Å². The predicted molar refractivity (Wildman–Crippen MR) is 112 cm³/mol. The summed E-state index contributed by atoms with van der Waals surface area (Å²) in [7, 11) is 0. The van der Waals surface area contributed by atoms with E-state index in [0.29, 0.717) is 6.54 Å². The van der Waals surface area contributed by atoms with Gasteiger partial charge in [-0.3, -0.25) is 4.79 Å². The second-order valence-electron chi connectivity index (χ2n) is 8.08. The molecule has 2 atom stereocenters. The molecule has 1 aliphatic carbocycles. The van der Waals surface area contributed by atoms with Crippen molar-refractivity contribution in [3.8, 4) is 0 Å². The zero-order chi connectivity index (χ0) is 22.2. The Morgan fingerprint density at radius 2 is 2.16 bits per heavy atom. The number of aromatic nitrogens is 2. The number of aliphatic imine (C=N–C) groups is 1. The number of carbonyl (C=O) groups is 1. The van der Waals surface area contributed by atoms with E-state index in [1.807, 2.05) is 0 Å². The molecule has 0 radical (unpaired) electrons. The van der Waals surface area contributed by atoms with Gasteiger partial charge in [-0.15, -0.1) is 0 Å². The van der Waals surface area contributed by atoms with Gasteiger partial charge in [0.15, 0.2) is 5.82 Å². The van der Waals surface area contributed by atoms with Crippen molar-refractivity contribution in [1.29, 1.82) is 0 Å². The number of anilines is 1. The molecule has 2 aliphatic rings. The molecule has 2 heterocycles. The third kappa shape index (κ3) is 7.44. The van der Waals surface area contributed by atoms with Crippen molar-refractivity contribution in [2.45, 2.75) is 63.8 Å². The second kappa shape index (κ2) is 11.4. The van der Waals surface area contributed by atoms with Crippen LogP contribution in [0.5, 0.6) is 0 Å². The van der Waals surface area contributed by atoms with E-state index in [0.717, 1.165) is 38.6 Å². The van der Waals surface area contributed by atoms with Crippen LogP contribution in [0.15, 0.2) is 11.2 Å². The van der Waals surface area contributed by atoms with E-state index < -0.39 is 12.7 Å². The SMILES string of the molecule is C[C@@H](COC(F)F)Nc1ncc(C(=O)N[C@H]2CCNC2)c(N=CC2CCC(O)CC2)n1. The average Bonchev–Trinajstić information content (AvgIpc) is 3.25. The summed E-state index contributed by atoms with van der Waals surface area (Å²) >= 11 is 0. The van der Waals surface area contributed by atoms with Gasteiger partial charge in [0.25, 0.3) is 5.91 Å². The molecular weight excluding hydrogens is 410 g/mol. The largest absolute Gasteiger partial charge is 0.393 e. The number of amides is 1. The monoisotopic (exact) mass is 440 g/mol. The number of aliphatic hydroxyl groups is 1. The number of alkyl halides is 2. The molecular formula is C20H30F2N6O3. The number of carbonyl (C=O) groups excluding carboxylic acids is 1. The number of hydrogen-bond donors (Lipinski definition) is 4. The zero-order valence-electron chi connectivity index (χ0n) is 17.6. The molecule has 1 saturated carbocycles. The smallest absolute Gasteiger partial charge is 0.345 e. The summed E-state index contributed by atoms with van der Waals surface area (Å²) in [5.74, 6) is 0.286. The van der Waals surface area contributed by atoms with Crippen molar-refractivity contribution in [1.82, 2.24) is 20.6 Å². The summed E-state index contributed by atoms with van der Waals surface area (Å²) in [6.07, 6.45) is 6.82. The van der Waals surface area contributed by atoms with Crippen LogP contribution in [0.4, 0.5) is 20.5 Å². The third-order valence-corrected chi connectivity index (χ3v) is 5.41. The lowest BCUT2D eigenvalue weighted by molar-refractivity contribution is -0.130. The van der Waals surface area contributed by atoms with E-state index in [2.05, 4.69) is 35.6 Å². The summed E-state index contributed by atoms with van der Waals surface area (Å²) < 4.78 is 28.8. The van der Waals surface area contributed by atoms with Gasteiger partial charge in [-0.05, 0) is 51.5 Å². The van der Waals surface area contributed by atoms with Crippen LogP contribution in [0.25, 0.3) is 0 Å². The first-order valence-corrected chi connectivity index (χ1v) is 10.7. The number of hydrogen-bond acceptors (Lipinski definition) is 8. The molecule has 0 aromatic carbocycles. The highest BCUT2D eigenvalue weighted by Crippen LogP contribution is 2.25. The maximum absolute atomic E-state index is 12.8. The van der Waals surface area contributed by atoms with Crippen molar-refractivity contribution in [3.63, 3.8) is 0 Å². The second-order valence-corrected chi connectivity index (χ2v) is 8.08. The van der Waals surface area contributed by atoms with E-state index >= 15 is 0 Å². The van der Waals surface area contributed by atoms with Crippen LogP contribution in [0.1, 0.15) is 49.4 Å². The minimum atomic E-state index is -2.85. The summed E-state index contributed by atoms with van der Waals surface area (Å²) in [5, 5.41) is 18.7. The molecule has 1 aliphatic heterocycles. The Kier molecular flexibility index (Phi) is 8.61. The third-order valence-electron chi connectivity index (χ3n) is 5.41. The number of halogens is 2. The first-order valence-electron chi connectivity index (χ1n) is 10.7. The van der Waals surface area contributed by atoms with Gasteiger partial charge in [0.1, 0.15) is 5.56 Å². The molecule has 4 N–H and O–H groups in total. The van der Waals surface area contributed by atoms with E-state index in [9.17, 15) is 18.7 Å². The van der Waals surface area contributed by atoms with Gasteiger partial charge in [-0.1, -0.05) is 0 Å². The van der Waals surface area contributed by atoms with Gasteiger partial charge in [-0.25, -0.2) is 9.98 Å². The molecule has 1 saturated heterocycles. The summed E-state index contributed by atoms with van der Waals surface area (Å²) in [6.45, 7) is 0.144. The first-order chi connectivity index (χ1) is 14.9. The Labute approximate surface area is 180 Å². The van der Waals surface area contributed by atoms with E-state index in [1.165, 1.54) is 6.20 Å². The van der Waals surface area contributed by atoms with Gasteiger partial charge in [0.2, 0.25) is 5.95 Å². The molecule has 1 amide bonds. The van der Waals surface area contributed by atoms with Crippen molar-refractivity contribution in [2.24, 2.45) is 10.9 Å². The fraction of sp³-hybridized carbons (Fsp3) is 0.700. The number of ether oxygens (including phenoxy) is 1. The van der Waals surface area contributed by atoms with Crippen LogP contribution in [0, 0.1) is 5.92 Å². The lowest BCUT2D eigenvalue weighted by atomic mass is 9.88. The van der Waals surface area contributed by atoms with Gasteiger partial charge in [-0.2, -0.15) is 13.8 Å². The van der Waals surface area contributed by atoms with Gasteiger partial charge in [0, 0.05) is 31.0 Å². The minimum Gasteiger partial charge on any atom is -0.393 e. The average molecular weight is 440 g/mol. The number of aliphatic hydroxyl groups excluding tert-OH is 1. The number of nitrogens with zero attached hydrogens (tertiary/aromatic N) is 3. The molecule has 1 aromatic rings. The standard InChI is InChI=1S/C20H30F2N6O3/c1-12(11-31-19(21)22)26-20-25-10-16(18(30)27-14-6-7-23-9-14)17(28-20)24-8-13-2-4-15(29)5-3-13/h8,10,12-15,19,23,29H,2-7,9,11H2,1H3,(H,27,30)(H,25,26,28)/t12-,13?,14-,15?/m0/s1. The van der Waals surface area contributed by atoms with Crippen LogP contribution < -0.4 is 16.0 Å². The molecule has 0 unspecified atom stereocenters. The molecule has 11 heteroatoms. The zero-order valence-corrected chi connectivity index (χ0v) is 17.6. The van der Waals surface area contributed by atoms with Crippen LogP contribution in [0.3, 0.4) is 0 Å². The van der Waals surface area contributed by atoms with E-state index in [1.54, 1.807) is 13.1 Å². The van der Waals surface area contributed by atoms with Crippen molar-refractivity contribution >= 4 is 23.9 Å². The number of nitrogens with one attached hydrogen (secondary N) is 3. The maximum Gasteiger partial charge on any atom is 0.345 e. The highest BCUT2D eigenvalue weighted by molar-refractivity contribution is 5.98. The highest BCUT2D eigenvalue weighted by atomic mass is 19.3. The maximum atomic E-state index is 12.8. The minimum absolute atomic E-state index is 0.0356. The van der Waals surface area contributed by atoms with Crippen LogP contribution in [-0.4, -0.2) is 71.7 Å². The molecule has 172 valence electrons. The van der Waals surface area contributed by atoms with Crippen molar-refractivity contribution < 1.29 is 23.4 Å². The summed E-state index contributed by atoms with van der Waals surface area (Å²) in [6, 6.07) is -0.427. The summed E-state index contributed by atoms with van der Waals surface area (Å²) in [4.78, 5) is 25.7. The molecule has 0 spiro atoms. The molecule has 9 nitrogen and oxygen atoms in total. The Balaban J connectivity index is 1.73. The highest BCUT2D eigenvalue weighted by Gasteiger charge is 2.22. The van der Waals surface area contributed by atoms with Crippen molar-refractivity contribution in [3.05, 3.63) is 11.8 Å². The molecule has 0 bridgehead atoms. The first kappa shape index (κ1) is 23.4. The number of rotatable bonds is 9. The lowest BCUT2D eigenvalue weighted by Crippen LogP contribution is -2.36. The van der Waals surface area contributed by atoms with Crippen LogP contribution in [0.2, 0.25) is 0 Å². The Morgan fingerprint density at radius 3 is 2.84 bits per heavy atom. The Morgan fingerprint density at radius 1 is 1.39 bits per heavy atom. The lowest BCUT2D eigenvalue weighted by Gasteiger charge is -2.22. The van der Waals surface area contributed by atoms with Gasteiger partial charge in [0.05, 0.1) is 12.7 Å². The van der Waals surface area contributed by atoms with Crippen LogP contribution >= 0.6 is 0 Å². The predicted octanol–water partition coefficient (Wildman–Crippen LogP) is 1.86. The van der Waals surface area contributed by atoms with Crippen LogP contribution in [-0.2, 0) is 4.74 Å². The topological polar surface area (TPSA) is 121 Å². The Hall–Kier alpha value is -2.24. The normalized spacial score (nSPS) is 25.1. The molecule has 2 fully saturated rings. The molecule has 3 rings (SSSR count). The fourth-order valence-electron chi connectivity index (χ4n) is 3.65. The van der Waals surface area contributed by atoms with E-state index in [4.69, 9.17) is 0 Å². The molecule has 31 heavy (non-hydrogen) atoms. The van der Waals surface area contributed by atoms with E-state index in [-0.39, 0.29) is 47.9 Å². The fourth-order valence-corrected chi connectivity index (χ4v) is 3.65. The summed E-state index contributed by atoms with van der Waals surface area (Å²) in [5.41, 5.74) is 0.251. The Bertz CT molecular complexity index is 752. The van der Waals surface area contributed by atoms with Crippen molar-refractivity contribution in [2.75, 3.05) is 25.0 Å².